The molecule has 0 fully saturated rings. The van der Waals surface area contributed by atoms with E-state index in [1.165, 1.54) is 28.8 Å². The van der Waals surface area contributed by atoms with E-state index in [0.717, 1.165) is 0 Å². The molecule has 9 heteroatoms. The van der Waals surface area contributed by atoms with Crippen LogP contribution in [0.2, 0.25) is 0 Å². The van der Waals surface area contributed by atoms with Gasteiger partial charge in [0.2, 0.25) is 5.91 Å². The van der Waals surface area contributed by atoms with E-state index < -0.39 is 17.0 Å². The molecule has 1 amide bonds. The highest BCUT2D eigenvalue weighted by Gasteiger charge is 2.10. The van der Waals surface area contributed by atoms with Gasteiger partial charge < -0.3 is 5.32 Å². The normalized spacial score (nSPS) is 11.1. The number of aromatic nitrogens is 2. The maximum absolute atomic E-state index is 12.3. The number of para-hydroxylation sites is 1. The molecule has 0 spiro atoms. The second-order valence-corrected chi connectivity index (χ2v) is 6.69. The van der Waals surface area contributed by atoms with Crippen molar-refractivity contribution in [2.45, 2.75) is 23.6 Å². The van der Waals surface area contributed by atoms with Gasteiger partial charge >= 0.3 is 5.69 Å². The monoisotopic (exact) mass is 391 g/mol. The number of carbonyl (C=O) groups excluding carboxylic acids is 1. The van der Waals surface area contributed by atoms with E-state index in [9.17, 15) is 23.2 Å². The van der Waals surface area contributed by atoms with Crippen molar-refractivity contribution >= 4 is 34.3 Å². The Morgan fingerprint density at radius 1 is 1.11 bits per heavy atom. The van der Waals surface area contributed by atoms with Crippen molar-refractivity contribution < 1.29 is 13.6 Å². The highest BCUT2D eigenvalue weighted by molar-refractivity contribution is 7.99. The van der Waals surface area contributed by atoms with Crippen LogP contribution in [0.15, 0.2) is 63.0 Å². The van der Waals surface area contributed by atoms with Crippen molar-refractivity contribution in [1.29, 1.82) is 0 Å². The highest BCUT2D eigenvalue weighted by Crippen LogP contribution is 2.26. The summed E-state index contributed by atoms with van der Waals surface area (Å²) in [5.74, 6) is -2.85. The molecule has 0 unspecified atom stereocenters. The predicted molar refractivity (Wildman–Crippen MR) is 100 cm³/mol. The number of rotatable bonds is 6. The summed E-state index contributed by atoms with van der Waals surface area (Å²) in [6.45, 7) is 0.0846. The van der Waals surface area contributed by atoms with Gasteiger partial charge in [0.05, 0.1) is 10.9 Å². The molecular weight excluding hydrogens is 376 g/mol. The first-order chi connectivity index (χ1) is 12.9. The number of amides is 1. The molecule has 3 rings (SSSR count). The van der Waals surface area contributed by atoms with Gasteiger partial charge in [0, 0.05) is 23.5 Å². The van der Waals surface area contributed by atoms with Crippen LogP contribution in [0, 0.1) is 0 Å². The number of nitrogens with one attached hydrogen (secondary N) is 2. The van der Waals surface area contributed by atoms with Crippen LogP contribution in [0.5, 0.6) is 0 Å². The van der Waals surface area contributed by atoms with Gasteiger partial charge in [-0.25, -0.2) is 4.79 Å². The third-order valence-electron chi connectivity index (χ3n) is 3.83. The molecule has 0 bridgehead atoms. The molecule has 2 aromatic carbocycles. The summed E-state index contributed by atoms with van der Waals surface area (Å²) in [5, 5.41) is 3.01. The first kappa shape index (κ1) is 18.8. The van der Waals surface area contributed by atoms with Crippen LogP contribution in [-0.2, 0) is 11.3 Å². The molecule has 6 nitrogen and oxygen atoms in total. The van der Waals surface area contributed by atoms with E-state index in [1.54, 1.807) is 24.3 Å². The third kappa shape index (κ3) is 4.62. The number of hydrogen-bond donors (Lipinski definition) is 2. The van der Waals surface area contributed by atoms with Crippen molar-refractivity contribution in [3.8, 4) is 0 Å². The van der Waals surface area contributed by atoms with Crippen molar-refractivity contribution in [1.82, 2.24) is 9.55 Å². The van der Waals surface area contributed by atoms with Gasteiger partial charge in [-0.1, -0.05) is 23.9 Å². The zero-order chi connectivity index (χ0) is 19.4. The maximum atomic E-state index is 12.3. The van der Waals surface area contributed by atoms with Gasteiger partial charge in [-0.05, 0) is 36.4 Å². The number of benzene rings is 2. The minimum absolute atomic E-state index is 0.00345. The van der Waals surface area contributed by atoms with Crippen molar-refractivity contribution in [2.75, 3.05) is 5.32 Å². The quantitative estimate of drug-likeness (QED) is 0.633. The van der Waals surface area contributed by atoms with E-state index in [-0.39, 0.29) is 18.9 Å². The van der Waals surface area contributed by atoms with Crippen LogP contribution >= 0.6 is 11.8 Å². The largest absolute Gasteiger partial charge is 0.328 e. The Morgan fingerprint density at radius 3 is 2.52 bits per heavy atom. The number of hydrogen-bond acceptors (Lipinski definition) is 4. The summed E-state index contributed by atoms with van der Waals surface area (Å²) < 4.78 is 25.9. The first-order valence-corrected chi connectivity index (χ1v) is 8.88. The second kappa shape index (κ2) is 8.17. The third-order valence-corrected chi connectivity index (χ3v) is 4.55. The molecule has 0 aliphatic carbocycles. The molecule has 0 aliphatic rings. The summed E-state index contributed by atoms with van der Waals surface area (Å²) >= 11 is 0.424. The molecule has 2 N–H and O–H groups in total. The molecule has 0 saturated heterocycles. The summed E-state index contributed by atoms with van der Waals surface area (Å²) in [7, 11) is 0. The number of aryl methyl sites for hydroxylation is 1. The Morgan fingerprint density at radius 2 is 1.81 bits per heavy atom. The van der Waals surface area contributed by atoms with E-state index in [1.807, 2.05) is 0 Å². The lowest BCUT2D eigenvalue weighted by atomic mass is 10.2. The van der Waals surface area contributed by atoms with Gasteiger partial charge in [0.15, 0.2) is 0 Å². The highest BCUT2D eigenvalue weighted by atomic mass is 32.2. The van der Waals surface area contributed by atoms with Crippen molar-refractivity contribution in [3.63, 3.8) is 0 Å². The van der Waals surface area contributed by atoms with Crippen LogP contribution in [0.25, 0.3) is 10.9 Å². The van der Waals surface area contributed by atoms with Gasteiger partial charge in [-0.15, -0.1) is 0 Å². The van der Waals surface area contributed by atoms with Crippen LogP contribution in [0.1, 0.15) is 6.42 Å². The fourth-order valence-corrected chi connectivity index (χ4v) is 3.12. The lowest BCUT2D eigenvalue weighted by molar-refractivity contribution is -0.116. The molecule has 0 aliphatic heterocycles. The Labute approximate surface area is 156 Å². The molecule has 3 aromatic rings. The second-order valence-electron chi connectivity index (χ2n) is 5.63. The number of aromatic amines is 1. The number of anilines is 1. The maximum Gasteiger partial charge on any atom is 0.328 e. The average molecular weight is 391 g/mol. The molecule has 1 heterocycles. The zero-order valence-electron chi connectivity index (χ0n) is 13.9. The number of halogens is 2. The summed E-state index contributed by atoms with van der Waals surface area (Å²) in [4.78, 5) is 38.7. The van der Waals surface area contributed by atoms with Gasteiger partial charge in [-0.3, -0.25) is 19.1 Å². The Balaban J connectivity index is 1.69. The van der Waals surface area contributed by atoms with Crippen LogP contribution in [0.4, 0.5) is 14.5 Å². The van der Waals surface area contributed by atoms with Crippen LogP contribution < -0.4 is 16.6 Å². The SMILES string of the molecule is O=C(CCn1c(=O)[nH]c(=O)c2ccccc21)Nc1ccc(SC(F)F)cc1. The topological polar surface area (TPSA) is 84.0 Å². The number of alkyl halides is 2. The lowest BCUT2D eigenvalue weighted by Crippen LogP contribution is -2.31. The Kier molecular flexibility index (Phi) is 5.70. The number of carbonyl (C=O) groups is 1. The van der Waals surface area contributed by atoms with Gasteiger partial charge in [0.1, 0.15) is 0 Å². The minimum Gasteiger partial charge on any atom is -0.326 e. The average Bonchev–Trinajstić information content (AvgIpc) is 2.63. The fraction of sp³-hybridized carbons (Fsp3) is 0.167. The summed E-state index contributed by atoms with van der Waals surface area (Å²) in [5.41, 5.74) is -0.136. The van der Waals surface area contributed by atoms with E-state index in [0.29, 0.717) is 33.2 Å². The van der Waals surface area contributed by atoms with Crippen LogP contribution in [0.3, 0.4) is 0 Å². The van der Waals surface area contributed by atoms with Gasteiger partial charge in [0.25, 0.3) is 11.3 Å². The van der Waals surface area contributed by atoms with Gasteiger partial charge in [-0.2, -0.15) is 8.78 Å². The molecule has 0 radical (unpaired) electrons. The molecule has 1 aromatic heterocycles. The van der Waals surface area contributed by atoms with Crippen molar-refractivity contribution in [3.05, 3.63) is 69.4 Å². The number of thioether (sulfide) groups is 1. The number of fused-ring (bicyclic) bond motifs is 1. The summed E-state index contributed by atoms with van der Waals surface area (Å²) in [6, 6.07) is 12.7. The van der Waals surface area contributed by atoms with E-state index in [4.69, 9.17) is 0 Å². The fourth-order valence-electron chi connectivity index (χ4n) is 2.62. The molecule has 140 valence electrons. The summed E-state index contributed by atoms with van der Waals surface area (Å²) in [6.07, 6.45) is 0.00345. The predicted octanol–water partition coefficient (Wildman–Crippen LogP) is 3.03. The molecular formula is C18H15F2N3O3S. The van der Waals surface area contributed by atoms with E-state index >= 15 is 0 Å². The standard InChI is InChI=1S/C18H15F2N3O3S/c19-17(20)27-12-7-5-11(6-8-12)21-15(24)9-10-23-14-4-2-1-3-13(14)16(25)22-18(23)26/h1-8,17H,9-10H2,(H,21,24)(H,22,25,26). The Hall–Kier alpha value is -2.94. The van der Waals surface area contributed by atoms with E-state index in [2.05, 4.69) is 10.3 Å². The smallest absolute Gasteiger partial charge is 0.326 e. The molecule has 0 atom stereocenters. The number of H-pyrrole nitrogens is 1. The minimum atomic E-state index is -2.50. The van der Waals surface area contributed by atoms with Crippen LogP contribution in [-0.4, -0.2) is 21.2 Å². The lowest BCUT2D eigenvalue weighted by Gasteiger charge is -2.10. The first-order valence-electron chi connectivity index (χ1n) is 8.00. The molecule has 0 saturated carbocycles. The Bertz CT molecular complexity index is 1080. The van der Waals surface area contributed by atoms with Crippen molar-refractivity contribution in [2.24, 2.45) is 0 Å². The zero-order valence-corrected chi connectivity index (χ0v) is 14.8. The number of nitrogens with zero attached hydrogens (tertiary/aromatic N) is 1. The molecule has 27 heavy (non-hydrogen) atoms.